The number of benzene rings is 1. The van der Waals surface area contributed by atoms with Gasteiger partial charge in [0.25, 0.3) is 0 Å². The Morgan fingerprint density at radius 3 is 2.69 bits per heavy atom. The summed E-state index contributed by atoms with van der Waals surface area (Å²) in [5, 5.41) is 8.95. The molecular weight excluding hydrogens is 202 g/mol. The summed E-state index contributed by atoms with van der Waals surface area (Å²) >= 11 is 0. The van der Waals surface area contributed by atoms with Crippen molar-refractivity contribution < 1.29 is 9.53 Å². The minimum Gasteiger partial charge on any atom is -0.466 e. The Labute approximate surface area is 95.7 Å². The van der Waals surface area contributed by atoms with Gasteiger partial charge in [0.05, 0.1) is 25.0 Å². The maximum Gasteiger partial charge on any atom is 0.307 e. The van der Waals surface area contributed by atoms with Crippen molar-refractivity contribution in [3.05, 3.63) is 35.9 Å². The molecule has 0 heterocycles. The highest BCUT2D eigenvalue weighted by Crippen LogP contribution is 2.12. The molecule has 84 valence electrons. The lowest BCUT2D eigenvalue weighted by molar-refractivity contribution is -0.143. The maximum absolute atomic E-state index is 11.2. The van der Waals surface area contributed by atoms with Gasteiger partial charge in [-0.05, 0) is 18.9 Å². The van der Waals surface area contributed by atoms with Crippen LogP contribution in [0.4, 0.5) is 0 Å². The molecule has 3 nitrogen and oxygen atoms in total. The monoisotopic (exact) mass is 217 g/mol. The van der Waals surface area contributed by atoms with Crippen molar-refractivity contribution in [2.24, 2.45) is 5.92 Å². The summed E-state index contributed by atoms with van der Waals surface area (Å²) in [6, 6.07) is 11.8. The molecule has 0 amide bonds. The third kappa shape index (κ3) is 4.14. The Bertz CT molecular complexity index is 367. The lowest BCUT2D eigenvalue weighted by Crippen LogP contribution is -2.12. The summed E-state index contributed by atoms with van der Waals surface area (Å²) in [5.41, 5.74) is 1.07. The first-order valence-electron chi connectivity index (χ1n) is 5.35. The van der Waals surface area contributed by atoms with E-state index >= 15 is 0 Å². The van der Waals surface area contributed by atoms with E-state index in [1.165, 1.54) is 0 Å². The highest BCUT2D eigenvalue weighted by atomic mass is 16.5. The molecule has 1 unspecified atom stereocenters. The van der Waals surface area contributed by atoms with Crippen LogP contribution in [0, 0.1) is 17.2 Å². The van der Waals surface area contributed by atoms with Crippen molar-refractivity contribution in [3.63, 3.8) is 0 Å². The average Bonchev–Trinajstić information content (AvgIpc) is 2.30. The molecule has 1 atom stereocenters. The molecule has 0 bridgehead atoms. The van der Waals surface area contributed by atoms with Crippen LogP contribution < -0.4 is 0 Å². The van der Waals surface area contributed by atoms with E-state index < -0.39 is 0 Å². The predicted octanol–water partition coefficient (Wildman–Crippen LogP) is 2.32. The second-order valence-electron chi connectivity index (χ2n) is 3.52. The van der Waals surface area contributed by atoms with Gasteiger partial charge in [-0.2, -0.15) is 5.26 Å². The van der Waals surface area contributed by atoms with Crippen LogP contribution in [0.2, 0.25) is 0 Å². The lowest BCUT2D eigenvalue weighted by Gasteiger charge is -2.08. The van der Waals surface area contributed by atoms with Crippen molar-refractivity contribution in [3.8, 4) is 6.07 Å². The van der Waals surface area contributed by atoms with Crippen molar-refractivity contribution in [1.29, 1.82) is 5.26 Å². The van der Waals surface area contributed by atoms with Crippen molar-refractivity contribution in [2.45, 2.75) is 19.8 Å². The van der Waals surface area contributed by atoms with Gasteiger partial charge in [-0.25, -0.2) is 0 Å². The van der Waals surface area contributed by atoms with Gasteiger partial charge in [-0.15, -0.1) is 0 Å². The highest BCUT2D eigenvalue weighted by molar-refractivity contribution is 5.70. The molecular formula is C13H15NO2. The number of nitriles is 1. The number of carbonyl (C=O) groups is 1. The van der Waals surface area contributed by atoms with Crippen LogP contribution >= 0.6 is 0 Å². The normalized spacial score (nSPS) is 11.5. The maximum atomic E-state index is 11.2. The summed E-state index contributed by atoms with van der Waals surface area (Å²) in [7, 11) is 0. The van der Waals surface area contributed by atoms with E-state index in [0.717, 1.165) is 5.56 Å². The first-order chi connectivity index (χ1) is 7.76. The van der Waals surface area contributed by atoms with Gasteiger partial charge in [0.15, 0.2) is 0 Å². The Morgan fingerprint density at radius 2 is 2.12 bits per heavy atom. The van der Waals surface area contributed by atoms with E-state index in [0.29, 0.717) is 13.0 Å². The van der Waals surface area contributed by atoms with Gasteiger partial charge >= 0.3 is 5.97 Å². The average molecular weight is 217 g/mol. The molecule has 3 heteroatoms. The molecule has 0 N–H and O–H groups in total. The number of ether oxygens (including phenoxy) is 1. The second kappa shape index (κ2) is 6.62. The molecule has 0 aromatic heterocycles. The van der Waals surface area contributed by atoms with Gasteiger partial charge in [0.1, 0.15) is 0 Å². The molecule has 0 fully saturated rings. The first-order valence-corrected chi connectivity index (χ1v) is 5.35. The largest absolute Gasteiger partial charge is 0.466 e. The fourth-order valence-electron chi connectivity index (χ4n) is 1.48. The number of rotatable bonds is 5. The van der Waals surface area contributed by atoms with Gasteiger partial charge in [-0.1, -0.05) is 30.3 Å². The molecule has 1 aromatic rings. The van der Waals surface area contributed by atoms with Crippen LogP contribution in [0.15, 0.2) is 30.3 Å². The smallest absolute Gasteiger partial charge is 0.307 e. The standard InChI is InChI=1S/C13H15NO2/c1-2-16-13(15)9-12(10-14)8-11-6-4-3-5-7-11/h3-7,12H,2,8-9H2,1H3. The van der Waals surface area contributed by atoms with Crippen LogP contribution in [0.25, 0.3) is 0 Å². The van der Waals surface area contributed by atoms with E-state index in [-0.39, 0.29) is 18.3 Å². The Kier molecular flexibility index (Phi) is 5.07. The minimum atomic E-state index is -0.304. The summed E-state index contributed by atoms with van der Waals surface area (Å²) < 4.78 is 4.82. The fraction of sp³-hybridized carbons (Fsp3) is 0.385. The van der Waals surface area contributed by atoms with Gasteiger partial charge < -0.3 is 4.74 Å². The van der Waals surface area contributed by atoms with Gasteiger partial charge in [-0.3, -0.25) is 4.79 Å². The second-order valence-corrected chi connectivity index (χ2v) is 3.52. The van der Waals surface area contributed by atoms with E-state index in [1.54, 1.807) is 6.92 Å². The molecule has 0 spiro atoms. The van der Waals surface area contributed by atoms with Crippen LogP contribution in [0.5, 0.6) is 0 Å². The Morgan fingerprint density at radius 1 is 1.44 bits per heavy atom. The third-order valence-electron chi connectivity index (χ3n) is 2.23. The molecule has 0 saturated heterocycles. The predicted molar refractivity (Wildman–Crippen MR) is 60.5 cm³/mol. The van der Waals surface area contributed by atoms with Gasteiger partial charge in [0, 0.05) is 0 Å². The van der Waals surface area contributed by atoms with E-state index in [4.69, 9.17) is 10.00 Å². The molecule has 1 aromatic carbocycles. The molecule has 0 aliphatic carbocycles. The number of nitrogens with zero attached hydrogens (tertiary/aromatic N) is 1. The fourth-order valence-corrected chi connectivity index (χ4v) is 1.48. The summed E-state index contributed by atoms with van der Waals surface area (Å²) in [6.45, 7) is 2.12. The molecule has 0 saturated carbocycles. The van der Waals surface area contributed by atoms with Crippen LogP contribution in [0.1, 0.15) is 18.9 Å². The van der Waals surface area contributed by atoms with E-state index in [1.807, 2.05) is 30.3 Å². The minimum absolute atomic E-state index is 0.166. The SMILES string of the molecule is CCOC(=O)CC(C#N)Cc1ccccc1. The quantitative estimate of drug-likeness (QED) is 0.711. The molecule has 16 heavy (non-hydrogen) atoms. The first kappa shape index (κ1) is 12.3. The number of carbonyl (C=O) groups excluding carboxylic acids is 1. The van der Waals surface area contributed by atoms with Crippen molar-refractivity contribution in [1.82, 2.24) is 0 Å². The molecule has 0 radical (unpaired) electrons. The van der Waals surface area contributed by atoms with E-state index in [2.05, 4.69) is 6.07 Å². The third-order valence-corrected chi connectivity index (χ3v) is 2.23. The van der Waals surface area contributed by atoms with Crippen LogP contribution in [-0.2, 0) is 16.0 Å². The lowest BCUT2D eigenvalue weighted by atomic mass is 9.98. The van der Waals surface area contributed by atoms with Crippen LogP contribution in [0.3, 0.4) is 0 Å². The zero-order valence-corrected chi connectivity index (χ0v) is 9.35. The zero-order chi connectivity index (χ0) is 11.8. The molecule has 1 rings (SSSR count). The van der Waals surface area contributed by atoms with Gasteiger partial charge in [0.2, 0.25) is 0 Å². The number of hydrogen-bond acceptors (Lipinski definition) is 3. The Hall–Kier alpha value is -1.82. The van der Waals surface area contributed by atoms with Crippen molar-refractivity contribution >= 4 is 5.97 Å². The molecule has 0 aliphatic heterocycles. The summed E-state index contributed by atoms with van der Waals surface area (Å²) in [5.74, 6) is -0.605. The topological polar surface area (TPSA) is 50.1 Å². The Balaban J connectivity index is 2.51. The number of hydrogen-bond donors (Lipinski definition) is 0. The van der Waals surface area contributed by atoms with E-state index in [9.17, 15) is 4.79 Å². The highest BCUT2D eigenvalue weighted by Gasteiger charge is 2.14. The number of esters is 1. The zero-order valence-electron chi connectivity index (χ0n) is 9.35. The van der Waals surface area contributed by atoms with Crippen molar-refractivity contribution in [2.75, 3.05) is 6.61 Å². The summed E-state index contributed by atoms with van der Waals surface area (Å²) in [4.78, 5) is 11.2. The van der Waals surface area contributed by atoms with Crippen LogP contribution in [-0.4, -0.2) is 12.6 Å². The molecule has 0 aliphatic rings. The summed E-state index contributed by atoms with van der Waals surface area (Å²) in [6.07, 6.45) is 0.759.